The average Bonchev–Trinajstić information content (AvgIpc) is 3.15. The summed E-state index contributed by atoms with van der Waals surface area (Å²) in [7, 11) is 0. The summed E-state index contributed by atoms with van der Waals surface area (Å²) in [6.07, 6.45) is 6.90. The molecule has 5 rings (SSSR count). The van der Waals surface area contributed by atoms with Gasteiger partial charge in [-0.25, -0.2) is 0 Å². The first-order valence-electron chi connectivity index (χ1n) is 11.5. The first kappa shape index (κ1) is 19.8. The maximum Gasteiger partial charge on any atom is 0.214 e. The number of fused-ring (bicyclic) bond motifs is 7. The van der Waals surface area contributed by atoms with E-state index >= 15 is 0 Å². The first-order chi connectivity index (χ1) is 14.5. The molecule has 2 aromatic heterocycles. The van der Waals surface area contributed by atoms with Crippen molar-refractivity contribution in [1.29, 1.82) is 0 Å². The van der Waals surface area contributed by atoms with Gasteiger partial charge in [0.25, 0.3) is 0 Å². The lowest BCUT2D eigenvalue weighted by atomic mass is 9.60. The van der Waals surface area contributed by atoms with Crippen LogP contribution in [-0.2, 0) is 17.4 Å². The van der Waals surface area contributed by atoms with Gasteiger partial charge in [0.15, 0.2) is 11.7 Å². The number of aromatic nitrogens is 1. The second-order valence-corrected chi connectivity index (χ2v) is 10.4. The van der Waals surface area contributed by atoms with Crippen LogP contribution in [0.2, 0.25) is 0 Å². The Balaban J connectivity index is 1.90. The highest BCUT2D eigenvalue weighted by molar-refractivity contribution is 7.26. The van der Waals surface area contributed by atoms with E-state index < -0.39 is 0 Å². The third kappa shape index (κ3) is 2.43. The topological polar surface area (TPSA) is 3.88 Å². The van der Waals surface area contributed by atoms with Crippen molar-refractivity contribution < 1.29 is 4.57 Å². The number of pyridine rings is 1. The highest BCUT2D eigenvalue weighted by atomic mass is 32.1. The van der Waals surface area contributed by atoms with Crippen LogP contribution in [0.15, 0.2) is 54.7 Å². The van der Waals surface area contributed by atoms with Gasteiger partial charge in [-0.15, -0.1) is 11.3 Å². The van der Waals surface area contributed by atoms with Gasteiger partial charge in [-0.05, 0) is 43.0 Å². The fraction of sp³-hybridized carbons (Fsp3) is 0.393. The molecule has 0 saturated heterocycles. The second-order valence-electron chi connectivity index (χ2n) is 9.32. The van der Waals surface area contributed by atoms with E-state index in [0.717, 1.165) is 19.3 Å². The van der Waals surface area contributed by atoms with Gasteiger partial charge >= 0.3 is 0 Å². The molecule has 3 heterocycles. The zero-order chi connectivity index (χ0) is 21.1. The molecule has 2 aromatic carbocycles. The largest absolute Gasteiger partial charge is 0.214 e. The summed E-state index contributed by atoms with van der Waals surface area (Å²) in [5.41, 5.74) is 5.96. The van der Waals surface area contributed by atoms with Crippen molar-refractivity contribution in [3.05, 3.63) is 65.9 Å². The normalized spacial score (nSPS) is 23.0. The van der Waals surface area contributed by atoms with Gasteiger partial charge in [0.05, 0.1) is 11.0 Å². The van der Waals surface area contributed by atoms with Gasteiger partial charge in [0.2, 0.25) is 5.69 Å². The molecule has 0 radical (unpaired) electrons. The fourth-order valence-corrected chi connectivity index (χ4v) is 7.13. The quantitative estimate of drug-likeness (QED) is 0.300. The van der Waals surface area contributed by atoms with Crippen LogP contribution in [0.3, 0.4) is 0 Å². The third-order valence-electron chi connectivity index (χ3n) is 8.07. The molecular weight excluding hydrogens is 382 g/mol. The van der Waals surface area contributed by atoms with Crippen molar-refractivity contribution >= 4 is 31.5 Å². The van der Waals surface area contributed by atoms with E-state index in [2.05, 4.69) is 93.9 Å². The van der Waals surface area contributed by atoms with Crippen LogP contribution in [0.5, 0.6) is 0 Å². The van der Waals surface area contributed by atoms with Crippen LogP contribution in [0.1, 0.15) is 65.0 Å². The SMILES string of the molecule is CCCc1ccc2c(c1)sc1c3c(ccc12)C(C)(CC)C(C)(CC)[n+]1ccccc1-3. The molecule has 4 aromatic rings. The Bertz CT molecular complexity index is 1270. The summed E-state index contributed by atoms with van der Waals surface area (Å²) >= 11 is 1.99. The molecule has 2 heteroatoms. The summed E-state index contributed by atoms with van der Waals surface area (Å²) in [6, 6.07) is 18.7. The molecule has 0 fully saturated rings. The molecule has 0 saturated carbocycles. The predicted molar refractivity (Wildman–Crippen MR) is 131 cm³/mol. The minimum absolute atomic E-state index is 0.0595. The molecule has 2 unspecified atom stereocenters. The fourth-order valence-electron chi connectivity index (χ4n) is 5.81. The van der Waals surface area contributed by atoms with E-state index in [-0.39, 0.29) is 11.0 Å². The Labute approximate surface area is 184 Å². The highest BCUT2D eigenvalue weighted by Crippen LogP contribution is 2.53. The Hall–Kier alpha value is -2.19. The number of benzene rings is 2. The van der Waals surface area contributed by atoms with Gasteiger partial charge in [-0.2, -0.15) is 4.57 Å². The van der Waals surface area contributed by atoms with Crippen LogP contribution in [0.4, 0.5) is 0 Å². The third-order valence-corrected chi connectivity index (χ3v) is 9.26. The van der Waals surface area contributed by atoms with Crippen molar-refractivity contribution in [2.75, 3.05) is 0 Å². The van der Waals surface area contributed by atoms with E-state index in [0.29, 0.717) is 0 Å². The highest BCUT2D eigenvalue weighted by Gasteiger charge is 2.56. The minimum Gasteiger partial charge on any atom is -0.192 e. The lowest BCUT2D eigenvalue weighted by Crippen LogP contribution is -2.67. The molecule has 0 aliphatic carbocycles. The monoisotopic (exact) mass is 414 g/mol. The van der Waals surface area contributed by atoms with Gasteiger partial charge in [0.1, 0.15) is 0 Å². The molecule has 1 nitrogen and oxygen atoms in total. The smallest absolute Gasteiger partial charge is 0.192 e. The summed E-state index contributed by atoms with van der Waals surface area (Å²) in [5, 5.41) is 2.81. The molecule has 0 amide bonds. The van der Waals surface area contributed by atoms with Crippen molar-refractivity contribution in [3.8, 4) is 11.3 Å². The lowest BCUT2D eigenvalue weighted by molar-refractivity contribution is -0.765. The number of rotatable bonds is 4. The zero-order valence-electron chi connectivity index (χ0n) is 18.9. The van der Waals surface area contributed by atoms with Crippen molar-refractivity contribution in [3.63, 3.8) is 0 Å². The van der Waals surface area contributed by atoms with E-state index in [4.69, 9.17) is 0 Å². The summed E-state index contributed by atoms with van der Waals surface area (Å²) < 4.78 is 5.45. The minimum atomic E-state index is 0.0595. The van der Waals surface area contributed by atoms with Crippen LogP contribution in [0, 0.1) is 0 Å². The van der Waals surface area contributed by atoms with Crippen molar-refractivity contribution in [2.45, 2.75) is 71.3 Å². The standard InChI is InChI=1S/C28H32NS/c1-6-11-19-13-14-20-21-15-16-22-25(26(21)30-24(20)18-19)23-12-9-10-17-29(23)28(5,8-3)27(22,4)7-2/h9-10,12-18H,6-8,11H2,1-5H3/q+1. The molecular formula is C28H32NS+. The molecule has 2 atom stereocenters. The molecule has 0 spiro atoms. The Morgan fingerprint density at radius 3 is 2.43 bits per heavy atom. The van der Waals surface area contributed by atoms with E-state index in [9.17, 15) is 0 Å². The van der Waals surface area contributed by atoms with Gasteiger partial charge in [0, 0.05) is 45.6 Å². The second kappa shape index (κ2) is 6.92. The van der Waals surface area contributed by atoms with E-state index in [1.807, 2.05) is 11.3 Å². The van der Waals surface area contributed by atoms with Crippen LogP contribution in [-0.4, -0.2) is 0 Å². The maximum absolute atomic E-state index is 2.57. The summed E-state index contributed by atoms with van der Waals surface area (Å²) in [6.45, 7) is 11.9. The van der Waals surface area contributed by atoms with E-state index in [1.165, 1.54) is 49.0 Å². The predicted octanol–water partition coefficient (Wildman–Crippen LogP) is 7.77. The molecule has 1 aliphatic heterocycles. The number of aryl methyl sites for hydroxylation is 1. The molecule has 1 aliphatic rings. The Kier molecular flexibility index (Phi) is 4.56. The number of nitrogens with zero attached hydrogens (tertiary/aromatic N) is 1. The average molecular weight is 415 g/mol. The van der Waals surface area contributed by atoms with Crippen LogP contribution in [0.25, 0.3) is 31.4 Å². The van der Waals surface area contributed by atoms with Crippen molar-refractivity contribution in [2.24, 2.45) is 0 Å². The Morgan fingerprint density at radius 2 is 1.70 bits per heavy atom. The van der Waals surface area contributed by atoms with Gasteiger partial charge in [-0.1, -0.05) is 51.5 Å². The number of thiophene rings is 1. The molecule has 0 bridgehead atoms. The van der Waals surface area contributed by atoms with Crippen molar-refractivity contribution in [1.82, 2.24) is 0 Å². The van der Waals surface area contributed by atoms with E-state index in [1.54, 1.807) is 0 Å². The van der Waals surface area contributed by atoms with Crippen LogP contribution >= 0.6 is 11.3 Å². The summed E-state index contributed by atoms with van der Waals surface area (Å²) in [5.74, 6) is 0. The first-order valence-corrected chi connectivity index (χ1v) is 12.3. The molecule has 154 valence electrons. The summed E-state index contributed by atoms with van der Waals surface area (Å²) in [4.78, 5) is 0. The zero-order valence-corrected chi connectivity index (χ0v) is 19.7. The number of hydrogen-bond donors (Lipinski definition) is 0. The molecule has 0 N–H and O–H groups in total. The van der Waals surface area contributed by atoms with Gasteiger partial charge < -0.3 is 0 Å². The number of hydrogen-bond acceptors (Lipinski definition) is 1. The lowest BCUT2D eigenvalue weighted by Gasteiger charge is -2.46. The van der Waals surface area contributed by atoms with Crippen LogP contribution < -0.4 is 4.57 Å². The van der Waals surface area contributed by atoms with Gasteiger partial charge in [-0.3, -0.25) is 0 Å². The molecule has 30 heavy (non-hydrogen) atoms. The Morgan fingerprint density at radius 1 is 0.900 bits per heavy atom. The maximum atomic E-state index is 2.57.